The Labute approximate surface area is 116 Å². The molecule has 0 aromatic heterocycles. The van der Waals surface area contributed by atoms with Crippen LogP contribution >= 0.6 is 0 Å². The maximum atomic E-state index is 11.9. The topological polar surface area (TPSA) is 101 Å². The molecule has 0 saturated carbocycles. The summed E-state index contributed by atoms with van der Waals surface area (Å²) in [7, 11) is 0. The SMILES string of the molecule is [C-]#[N+]c1ccc(O)c(C(=O)NC(N)=NCCOCC)c1. The summed E-state index contributed by atoms with van der Waals surface area (Å²) >= 11 is 0. The average Bonchev–Trinajstić information content (AvgIpc) is 2.44. The van der Waals surface area contributed by atoms with Crippen molar-refractivity contribution in [2.24, 2.45) is 10.7 Å². The van der Waals surface area contributed by atoms with Crippen molar-refractivity contribution in [1.82, 2.24) is 5.32 Å². The average molecular weight is 276 g/mol. The molecule has 0 aliphatic heterocycles. The van der Waals surface area contributed by atoms with E-state index in [1.807, 2.05) is 6.92 Å². The molecule has 0 unspecified atom stereocenters. The second kappa shape index (κ2) is 7.76. The zero-order chi connectivity index (χ0) is 15.0. The second-order valence-electron chi connectivity index (χ2n) is 3.73. The lowest BCUT2D eigenvalue weighted by atomic mass is 10.1. The number of amides is 1. The molecule has 0 saturated heterocycles. The van der Waals surface area contributed by atoms with Crippen LogP contribution in [0.2, 0.25) is 0 Å². The van der Waals surface area contributed by atoms with E-state index in [9.17, 15) is 9.90 Å². The first-order chi connectivity index (χ1) is 9.58. The number of hydrogen-bond acceptors (Lipinski definition) is 4. The number of nitrogens with two attached hydrogens (primary N) is 1. The number of phenols is 1. The molecular weight excluding hydrogens is 260 g/mol. The number of nitrogens with one attached hydrogen (secondary N) is 1. The van der Waals surface area contributed by atoms with Crippen LogP contribution in [0.1, 0.15) is 17.3 Å². The summed E-state index contributed by atoms with van der Waals surface area (Å²) in [6, 6.07) is 3.98. The quantitative estimate of drug-likeness (QED) is 0.323. The van der Waals surface area contributed by atoms with Crippen molar-refractivity contribution in [2.75, 3.05) is 19.8 Å². The molecule has 1 aromatic carbocycles. The highest BCUT2D eigenvalue weighted by Crippen LogP contribution is 2.23. The lowest BCUT2D eigenvalue weighted by Gasteiger charge is -2.07. The Hall–Kier alpha value is -2.59. The van der Waals surface area contributed by atoms with Gasteiger partial charge in [-0.2, -0.15) is 0 Å². The summed E-state index contributed by atoms with van der Waals surface area (Å²) in [6.45, 7) is 10.1. The standard InChI is InChI=1S/C13H16N4O3/c1-3-20-7-6-16-13(14)17-12(19)10-8-9(15-2)4-5-11(10)18/h4-5,8,18H,3,6-7H2,1H3,(H3,14,16,17,19). The third-order valence-electron chi connectivity index (χ3n) is 2.32. The van der Waals surface area contributed by atoms with Gasteiger partial charge in [-0.3, -0.25) is 15.1 Å². The summed E-state index contributed by atoms with van der Waals surface area (Å²) in [5, 5.41) is 11.9. The molecule has 0 aliphatic carbocycles. The fraction of sp³-hybridized carbons (Fsp3) is 0.308. The number of benzene rings is 1. The third-order valence-corrected chi connectivity index (χ3v) is 2.32. The molecule has 0 radical (unpaired) electrons. The van der Waals surface area contributed by atoms with Crippen LogP contribution in [0.15, 0.2) is 23.2 Å². The molecule has 1 rings (SSSR count). The molecule has 0 aliphatic rings. The zero-order valence-corrected chi connectivity index (χ0v) is 11.1. The monoisotopic (exact) mass is 276 g/mol. The van der Waals surface area contributed by atoms with Gasteiger partial charge in [0.2, 0.25) is 0 Å². The van der Waals surface area contributed by atoms with Gasteiger partial charge in [0.25, 0.3) is 5.91 Å². The summed E-state index contributed by atoms with van der Waals surface area (Å²) in [5.74, 6) is -0.912. The van der Waals surface area contributed by atoms with E-state index >= 15 is 0 Å². The van der Waals surface area contributed by atoms with Crippen LogP contribution in [0.25, 0.3) is 4.85 Å². The number of ether oxygens (including phenoxy) is 1. The van der Waals surface area contributed by atoms with Crippen LogP contribution < -0.4 is 11.1 Å². The minimum Gasteiger partial charge on any atom is -0.507 e. The molecule has 20 heavy (non-hydrogen) atoms. The normalized spacial score (nSPS) is 10.9. The van der Waals surface area contributed by atoms with E-state index in [0.29, 0.717) is 19.8 Å². The van der Waals surface area contributed by atoms with Crippen molar-refractivity contribution in [1.29, 1.82) is 0 Å². The number of aliphatic imine (C=N–C) groups is 1. The van der Waals surface area contributed by atoms with Crippen molar-refractivity contribution < 1.29 is 14.6 Å². The van der Waals surface area contributed by atoms with Gasteiger partial charge in [0.15, 0.2) is 11.6 Å². The zero-order valence-electron chi connectivity index (χ0n) is 11.1. The molecule has 0 bridgehead atoms. The molecule has 7 heteroatoms. The molecule has 0 spiro atoms. The Morgan fingerprint density at radius 2 is 2.35 bits per heavy atom. The van der Waals surface area contributed by atoms with Crippen LogP contribution in [-0.4, -0.2) is 36.7 Å². The Balaban J connectivity index is 2.69. The van der Waals surface area contributed by atoms with Gasteiger partial charge in [-0.15, -0.1) is 0 Å². The Kier molecular flexibility index (Phi) is 6.00. The lowest BCUT2D eigenvalue weighted by Crippen LogP contribution is -2.37. The van der Waals surface area contributed by atoms with E-state index < -0.39 is 5.91 Å². The van der Waals surface area contributed by atoms with Gasteiger partial charge in [0.05, 0.1) is 25.3 Å². The van der Waals surface area contributed by atoms with E-state index in [0.717, 1.165) is 0 Å². The summed E-state index contributed by atoms with van der Waals surface area (Å²) < 4.78 is 5.07. The van der Waals surface area contributed by atoms with Gasteiger partial charge < -0.3 is 15.6 Å². The predicted octanol–water partition coefficient (Wildman–Crippen LogP) is 1.02. The predicted molar refractivity (Wildman–Crippen MR) is 74.8 cm³/mol. The molecule has 7 nitrogen and oxygen atoms in total. The number of hydrogen-bond donors (Lipinski definition) is 3. The van der Waals surface area contributed by atoms with Crippen molar-refractivity contribution in [3.8, 4) is 5.75 Å². The van der Waals surface area contributed by atoms with E-state index in [2.05, 4.69) is 15.2 Å². The molecule has 4 N–H and O–H groups in total. The van der Waals surface area contributed by atoms with E-state index in [1.54, 1.807) is 0 Å². The summed E-state index contributed by atoms with van der Waals surface area (Å²) in [6.07, 6.45) is 0. The van der Waals surface area contributed by atoms with Crippen LogP contribution in [0.3, 0.4) is 0 Å². The van der Waals surface area contributed by atoms with Gasteiger partial charge in [0.1, 0.15) is 5.75 Å². The van der Waals surface area contributed by atoms with Gasteiger partial charge in [-0.1, -0.05) is 6.07 Å². The van der Waals surface area contributed by atoms with Crippen LogP contribution in [0.4, 0.5) is 5.69 Å². The van der Waals surface area contributed by atoms with Gasteiger partial charge in [-0.25, -0.2) is 4.85 Å². The first kappa shape index (κ1) is 15.5. The van der Waals surface area contributed by atoms with Gasteiger partial charge in [-0.05, 0) is 19.1 Å². The molecule has 0 fully saturated rings. The molecular formula is C13H16N4O3. The highest BCUT2D eigenvalue weighted by molar-refractivity contribution is 6.07. The van der Waals surface area contributed by atoms with Crippen LogP contribution in [-0.2, 0) is 4.74 Å². The maximum absolute atomic E-state index is 11.9. The maximum Gasteiger partial charge on any atom is 0.260 e. The lowest BCUT2D eigenvalue weighted by molar-refractivity contribution is 0.0973. The first-order valence-electron chi connectivity index (χ1n) is 5.98. The molecule has 1 amide bonds. The van der Waals surface area contributed by atoms with Crippen molar-refractivity contribution >= 4 is 17.6 Å². The van der Waals surface area contributed by atoms with Crippen LogP contribution in [0, 0.1) is 6.57 Å². The van der Waals surface area contributed by atoms with Crippen molar-refractivity contribution in [3.63, 3.8) is 0 Å². The fourth-order valence-electron chi connectivity index (χ4n) is 1.37. The van der Waals surface area contributed by atoms with E-state index in [1.165, 1.54) is 18.2 Å². The highest BCUT2D eigenvalue weighted by Gasteiger charge is 2.12. The number of rotatable bonds is 5. The molecule has 1 aromatic rings. The second-order valence-corrected chi connectivity index (χ2v) is 3.73. The number of nitrogens with zero attached hydrogens (tertiary/aromatic N) is 2. The number of aromatic hydroxyl groups is 1. The number of guanidine groups is 1. The number of phenolic OH excluding ortho intramolecular Hbond substituents is 1. The highest BCUT2D eigenvalue weighted by atomic mass is 16.5. The minimum absolute atomic E-state index is 0.0264. The smallest absolute Gasteiger partial charge is 0.260 e. The van der Waals surface area contributed by atoms with Crippen molar-refractivity contribution in [2.45, 2.75) is 6.92 Å². The minimum atomic E-state index is -0.620. The van der Waals surface area contributed by atoms with E-state index in [-0.39, 0.29) is 23.0 Å². The summed E-state index contributed by atoms with van der Waals surface area (Å²) in [5.41, 5.74) is 5.76. The molecule has 106 valence electrons. The van der Waals surface area contributed by atoms with Gasteiger partial charge in [0, 0.05) is 6.61 Å². The van der Waals surface area contributed by atoms with Crippen LogP contribution in [0.5, 0.6) is 5.75 Å². The number of carbonyl (C=O) groups is 1. The first-order valence-corrected chi connectivity index (χ1v) is 5.98. The Morgan fingerprint density at radius 1 is 1.60 bits per heavy atom. The molecule has 0 heterocycles. The van der Waals surface area contributed by atoms with E-state index in [4.69, 9.17) is 17.0 Å². The molecule has 0 atom stereocenters. The third kappa shape index (κ3) is 4.59. The Morgan fingerprint density at radius 3 is 3.00 bits per heavy atom. The number of carbonyl (C=O) groups excluding carboxylic acids is 1. The van der Waals surface area contributed by atoms with Gasteiger partial charge >= 0.3 is 0 Å². The largest absolute Gasteiger partial charge is 0.507 e. The van der Waals surface area contributed by atoms with Crippen molar-refractivity contribution in [3.05, 3.63) is 35.2 Å². The Bertz CT molecular complexity index is 549. The fourth-order valence-corrected chi connectivity index (χ4v) is 1.37. The summed E-state index contributed by atoms with van der Waals surface area (Å²) in [4.78, 5) is 18.9.